The zero-order valence-corrected chi connectivity index (χ0v) is 15.2. The molecule has 4 rings (SSSR count). The van der Waals surface area contributed by atoms with Gasteiger partial charge in [0.05, 0.1) is 17.7 Å². The van der Waals surface area contributed by atoms with Crippen molar-refractivity contribution >= 4 is 34.1 Å². The van der Waals surface area contributed by atoms with Gasteiger partial charge in [0.2, 0.25) is 0 Å². The Bertz CT molecular complexity index is 1130. The van der Waals surface area contributed by atoms with E-state index in [0.29, 0.717) is 16.1 Å². The number of Topliss-reactive ketones (excluding diaryl/α,β-unsaturated/α-hetero) is 2. The summed E-state index contributed by atoms with van der Waals surface area (Å²) in [4.78, 5) is 29.0. The van der Waals surface area contributed by atoms with Crippen LogP contribution in [-0.2, 0) is 0 Å². The van der Waals surface area contributed by atoms with Gasteiger partial charge in [-0.1, -0.05) is 60.1 Å². The van der Waals surface area contributed by atoms with Crippen molar-refractivity contribution in [2.75, 3.05) is 0 Å². The molecule has 0 amide bonds. The molecule has 3 nitrogen and oxygen atoms in total. The SMILES string of the molecule is O=C(CC(=O)c1c(-c2ccccc2)[nH]c2ccccc12)c1ccc(Cl)cc1. The summed E-state index contributed by atoms with van der Waals surface area (Å²) in [6.45, 7) is 0. The third-order valence-electron chi connectivity index (χ3n) is 4.53. The van der Waals surface area contributed by atoms with Gasteiger partial charge >= 0.3 is 0 Å². The van der Waals surface area contributed by atoms with Gasteiger partial charge in [-0.15, -0.1) is 0 Å². The number of fused-ring (bicyclic) bond motifs is 1. The minimum Gasteiger partial charge on any atom is -0.354 e. The van der Waals surface area contributed by atoms with Crippen LogP contribution < -0.4 is 0 Å². The van der Waals surface area contributed by atoms with Crippen LogP contribution in [0.2, 0.25) is 5.02 Å². The molecule has 0 aliphatic carbocycles. The van der Waals surface area contributed by atoms with Crippen molar-refractivity contribution in [1.29, 1.82) is 0 Å². The third-order valence-corrected chi connectivity index (χ3v) is 4.79. The van der Waals surface area contributed by atoms with Crippen molar-refractivity contribution in [2.45, 2.75) is 6.42 Å². The fourth-order valence-electron chi connectivity index (χ4n) is 3.22. The molecular formula is C23H16ClNO2. The maximum Gasteiger partial charge on any atom is 0.173 e. The Morgan fingerprint density at radius 1 is 0.778 bits per heavy atom. The zero-order valence-electron chi connectivity index (χ0n) is 14.4. The molecule has 0 atom stereocenters. The zero-order chi connectivity index (χ0) is 18.8. The number of ketones is 2. The molecule has 1 heterocycles. The van der Waals surface area contributed by atoms with E-state index < -0.39 is 0 Å². The summed E-state index contributed by atoms with van der Waals surface area (Å²) in [6, 6.07) is 23.9. The average Bonchev–Trinajstić information content (AvgIpc) is 3.09. The molecule has 4 aromatic rings. The largest absolute Gasteiger partial charge is 0.354 e. The molecule has 4 heteroatoms. The van der Waals surface area contributed by atoms with Gasteiger partial charge in [0.1, 0.15) is 0 Å². The van der Waals surface area contributed by atoms with Gasteiger partial charge in [-0.25, -0.2) is 0 Å². The Balaban J connectivity index is 1.75. The first-order valence-electron chi connectivity index (χ1n) is 8.61. The van der Waals surface area contributed by atoms with Crippen molar-refractivity contribution < 1.29 is 9.59 Å². The molecule has 0 spiro atoms. The Morgan fingerprint density at radius 2 is 1.44 bits per heavy atom. The Morgan fingerprint density at radius 3 is 2.19 bits per heavy atom. The number of hydrogen-bond acceptors (Lipinski definition) is 2. The van der Waals surface area contributed by atoms with E-state index in [1.807, 2.05) is 54.6 Å². The van der Waals surface area contributed by atoms with E-state index in [1.54, 1.807) is 24.3 Å². The van der Waals surface area contributed by atoms with Crippen LogP contribution in [0.1, 0.15) is 27.1 Å². The summed E-state index contributed by atoms with van der Waals surface area (Å²) < 4.78 is 0. The highest BCUT2D eigenvalue weighted by molar-refractivity contribution is 6.30. The maximum absolute atomic E-state index is 13.1. The van der Waals surface area contributed by atoms with Crippen LogP contribution in [0.5, 0.6) is 0 Å². The van der Waals surface area contributed by atoms with Crippen LogP contribution in [0.4, 0.5) is 0 Å². The summed E-state index contributed by atoms with van der Waals surface area (Å²) in [5, 5.41) is 1.38. The second kappa shape index (κ2) is 7.22. The maximum atomic E-state index is 13.1. The standard InChI is InChI=1S/C23H16ClNO2/c24-17-12-10-15(11-13-17)20(26)14-21(27)22-18-8-4-5-9-19(18)25-23(22)16-6-2-1-3-7-16/h1-13,25H,14H2. The van der Waals surface area contributed by atoms with Gasteiger partial charge < -0.3 is 4.98 Å². The number of aromatic amines is 1. The van der Waals surface area contributed by atoms with Crippen molar-refractivity contribution in [3.63, 3.8) is 0 Å². The molecule has 3 aromatic carbocycles. The number of carbonyl (C=O) groups is 2. The number of hydrogen-bond donors (Lipinski definition) is 1. The molecule has 0 bridgehead atoms. The number of aromatic nitrogens is 1. The van der Waals surface area contributed by atoms with Gasteiger partial charge in [0.25, 0.3) is 0 Å². The monoisotopic (exact) mass is 373 g/mol. The van der Waals surface area contributed by atoms with Gasteiger partial charge in [-0.3, -0.25) is 9.59 Å². The van der Waals surface area contributed by atoms with E-state index in [-0.39, 0.29) is 18.0 Å². The van der Waals surface area contributed by atoms with Gasteiger partial charge in [-0.05, 0) is 35.9 Å². The highest BCUT2D eigenvalue weighted by Crippen LogP contribution is 2.31. The predicted molar refractivity (Wildman–Crippen MR) is 108 cm³/mol. The second-order valence-electron chi connectivity index (χ2n) is 6.32. The smallest absolute Gasteiger partial charge is 0.173 e. The summed E-state index contributed by atoms with van der Waals surface area (Å²) in [6.07, 6.45) is -0.191. The summed E-state index contributed by atoms with van der Waals surface area (Å²) in [5.41, 5.74) is 3.56. The van der Waals surface area contributed by atoms with Crippen LogP contribution in [0.15, 0.2) is 78.9 Å². The lowest BCUT2D eigenvalue weighted by Gasteiger charge is -2.05. The number of carbonyl (C=O) groups excluding carboxylic acids is 2. The Kier molecular flexibility index (Phi) is 4.61. The van der Waals surface area contributed by atoms with Crippen molar-refractivity contribution in [2.24, 2.45) is 0 Å². The molecule has 132 valence electrons. The molecule has 0 radical (unpaired) electrons. The fraction of sp³-hybridized carbons (Fsp3) is 0.0435. The van der Waals surface area contributed by atoms with Crippen LogP contribution in [0.25, 0.3) is 22.2 Å². The topological polar surface area (TPSA) is 49.9 Å². The van der Waals surface area contributed by atoms with Gasteiger partial charge in [0, 0.05) is 21.5 Å². The minimum atomic E-state index is -0.221. The van der Waals surface area contributed by atoms with E-state index in [0.717, 1.165) is 22.2 Å². The number of halogens is 1. The van der Waals surface area contributed by atoms with Crippen LogP contribution >= 0.6 is 11.6 Å². The Hall–Kier alpha value is -3.17. The van der Waals surface area contributed by atoms with Crippen molar-refractivity contribution in [3.05, 3.63) is 95.0 Å². The third kappa shape index (κ3) is 3.42. The summed E-state index contributed by atoms with van der Waals surface area (Å²) >= 11 is 5.87. The molecular weight excluding hydrogens is 358 g/mol. The van der Waals surface area contributed by atoms with Crippen molar-refractivity contribution in [1.82, 2.24) is 4.98 Å². The van der Waals surface area contributed by atoms with E-state index >= 15 is 0 Å². The molecule has 0 unspecified atom stereocenters. The number of para-hydroxylation sites is 1. The Labute approximate surface area is 161 Å². The number of nitrogens with one attached hydrogen (secondary N) is 1. The normalized spacial score (nSPS) is 10.9. The van der Waals surface area contributed by atoms with Crippen LogP contribution in [0, 0.1) is 0 Å². The lowest BCUT2D eigenvalue weighted by atomic mass is 9.97. The van der Waals surface area contributed by atoms with E-state index in [2.05, 4.69) is 4.98 Å². The molecule has 27 heavy (non-hydrogen) atoms. The minimum absolute atomic E-state index is 0.191. The molecule has 1 aromatic heterocycles. The molecule has 0 aliphatic heterocycles. The molecule has 0 saturated heterocycles. The predicted octanol–water partition coefficient (Wildman–Crippen LogP) is 5.94. The first-order valence-corrected chi connectivity index (χ1v) is 8.99. The molecule has 0 aliphatic rings. The quantitative estimate of drug-likeness (QED) is 0.347. The van der Waals surface area contributed by atoms with Crippen molar-refractivity contribution in [3.8, 4) is 11.3 Å². The summed E-state index contributed by atoms with van der Waals surface area (Å²) in [5.74, 6) is -0.424. The first kappa shape index (κ1) is 17.3. The molecule has 0 fully saturated rings. The first-order chi connectivity index (χ1) is 13.1. The number of rotatable bonds is 5. The number of benzene rings is 3. The van der Waals surface area contributed by atoms with E-state index in [9.17, 15) is 9.59 Å². The van der Waals surface area contributed by atoms with Crippen LogP contribution in [0.3, 0.4) is 0 Å². The molecule has 1 N–H and O–H groups in total. The van der Waals surface area contributed by atoms with E-state index in [1.165, 1.54) is 0 Å². The lowest BCUT2D eigenvalue weighted by molar-refractivity contribution is 0.0895. The average molecular weight is 374 g/mol. The van der Waals surface area contributed by atoms with Gasteiger partial charge in [0.15, 0.2) is 11.6 Å². The van der Waals surface area contributed by atoms with E-state index in [4.69, 9.17) is 11.6 Å². The van der Waals surface area contributed by atoms with Gasteiger partial charge in [-0.2, -0.15) is 0 Å². The second-order valence-corrected chi connectivity index (χ2v) is 6.75. The van der Waals surface area contributed by atoms with Crippen LogP contribution in [-0.4, -0.2) is 16.6 Å². The summed E-state index contributed by atoms with van der Waals surface area (Å²) in [7, 11) is 0. The highest BCUT2D eigenvalue weighted by Gasteiger charge is 2.22. The number of H-pyrrole nitrogens is 1. The highest BCUT2D eigenvalue weighted by atomic mass is 35.5. The molecule has 0 saturated carbocycles. The lowest BCUT2D eigenvalue weighted by Crippen LogP contribution is -2.09. The fourth-order valence-corrected chi connectivity index (χ4v) is 3.35.